The first-order valence-corrected chi connectivity index (χ1v) is 14.9. The smallest absolute Gasteiger partial charge is 0.302 e. The molecule has 37 heavy (non-hydrogen) atoms. The number of nitrogens with one attached hydrogen (secondary N) is 1. The fourth-order valence-corrected chi connectivity index (χ4v) is 10.2. The molecule has 2 aromatic rings. The van der Waals surface area contributed by atoms with Gasteiger partial charge in [0.05, 0.1) is 17.2 Å². The molecule has 4 aliphatic rings. The molecule has 2 fully saturated rings. The van der Waals surface area contributed by atoms with Crippen LogP contribution < -0.4 is 5.32 Å². The van der Waals surface area contributed by atoms with Crippen LogP contribution in [0.25, 0.3) is 5.57 Å². The second kappa shape index (κ2) is 9.14. The third-order valence-electron chi connectivity index (χ3n) is 10.7. The zero-order valence-electron chi connectivity index (χ0n) is 22.5. The SMILES string of the molecule is CC(=O)OC[C@@H](C)[C@H]1CC[C@H]2[C@@H]3CC=C4c5sc(Nc6cccc(O)c6)nc5CC[C@]4(C)[C@H]3CC[C@]12C. The van der Waals surface area contributed by atoms with E-state index in [0.717, 1.165) is 35.0 Å². The van der Waals surface area contributed by atoms with Crippen LogP contribution in [0.5, 0.6) is 5.75 Å². The minimum absolute atomic E-state index is 0.159. The number of esters is 1. The van der Waals surface area contributed by atoms with Crippen LogP contribution in [0, 0.1) is 40.4 Å². The van der Waals surface area contributed by atoms with Gasteiger partial charge in [-0.1, -0.05) is 44.3 Å². The monoisotopic (exact) mass is 520 g/mol. The number of carbonyl (C=O) groups is 1. The van der Waals surface area contributed by atoms with Crippen molar-refractivity contribution in [2.24, 2.45) is 40.4 Å². The van der Waals surface area contributed by atoms with Crippen LogP contribution in [0.1, 0.15) is 76.8 Å². The first kappa shape index (κ1) is 25.0. The van der Waals surface area contributed by atoms with Crippen molar-refractivity contribution < 1.29 is 14.6 Å². The number of benzene rings is 1. The maximum absolute atomic E-state index is 11.4. The number of phenolic OH excluding ortho intramolecular Hbond substituents is 1. The summed E-state index contributed by atoms with van der Waals surface area (Å²) in [7, 11) is 0. The van der Waals surface area contributed by atoms with Gasteiger partial charge in [-0.25, -0.2) is 4.98 Å². The summed E-state index contributed by atoms with van der Waals surface area (Å²) in [5, 5.41) is 14.2. The number of allylic oxidation sites excluding steroid dienone is 2. The van der Waals surface area contributed by atoms with Crippen molar-refractivity contribution in [1.29, 1.82) is 0 Å². The van der Waals surface area contributed by atoms with Crippen LogP contribution in [0.4, 0.5) is 10.8 Å². The number of thiazole rings is 1. The maximum Gasteiger partial charge on any atom is 0.302 e. The summed E-state index contributed by atoms with van der Waals surface area (Å²) in [6.45, 7) is 9.47. The lowest BCUT2D eigenvalue weighted by atomic mass is 9.47. The number of hydrogen-bond acceptors (Lipinski definition) is 6. The summed E-state index contributed by atoms with van der Waals surface area (Å²) in [6.07, 6.45) is 11.1. The van der Waals surface area contributed by atoms with Gasteiger partial charge in [0.25, 0.3) is 0 Å². The number of anilines is 2. The molecule has 0 aliphatic heterocycles. The molecule has 0 unspecified atom stereocenters. The van der Waals surface area contributed by atoms with Crippen LogP contribution >= 0.6 is 11.3 Å². The first-order valence-electron chi connectivity index (χ1n) is 14.1. The van der Waals surface area contributed by atoms with E-state index in [1.54, 1.807) is 23.5 Å². The molecule has 2 N–H and O–H groups in total. The summed E-state index contributed by atoms with van der Waals surface area (Å²) in [5.74, 6) is 3.40. The maximum atomic E-state index is 11.4. The van der Waals surface area contributed by atoms with Gasteiger partial charge in [-0.2, -0.15) is 0 Å². The number of ether oxygens (including phenoxy) is 1. The molecule has 1 aromatic carbocycles. The first-order chi connectivity index (χ1) is 17.7. The molecule has 0 spiro atoms. The van der Waals surface area contributed by atoms with Gasteiger partial charge in [0.15, 0.2) is 5.13 Å². The third-order valence-corrected chi connectivity index (χ3v) is 11.7. The van der Waals surface area contributed by atoms with E-state index in [1.165, 1.54) is 61.6 Å². The standard InChI is InChI=1S/C31H40N2O3S/c1-18(17-36-19(2)34)23-10-11-24-22-8-9-26-28-27(13-15-31(26,4)25(22)12-14-30(23,24)3)33-29(37-28)32-20-6-5-7-21(35)16-20/h5-7,9,16,18,22-25,35H,8,10-15,17H2,1-4H3,(H,32,33)/t18-,22+,23-,24+,25+,30-,31-/m1/s1. The van der Waals surface area contributed by atoms with Crippen molar-refractivity contribution in [3.63, 3.8) is 0 Å². The second-order valence-electron chi connectivity index (χ2n) is 12.6. The van der Waals surface area contributed by atoms with Crippen LogP contribution in [0.3, 0.4) is 0 Å². The molecule has 5 nitrogen and oxygen atoms in total. The summed E-state index contributed by atoms with van der Waals surface area (Å²) in [6, 6.07) is 7.26. The Hall–Kier alpha value is -2.34. The highest BCUT2D eigenvalue weighted by Gasteiger charge is 2.59. The van der Waals surface area contributed by atoms with Gasteiger partial charge in [0.2, 0.25) is 0 Å². The molecule has 0 radical (unpaired) electrons. The van der Waals surface area contributed by atoms with E-state index in [0.29, 0.717) is 23.9 Å². The number of fused-ring (bicyclic) bond motifs is 7. The van der Waals surface area contributed by atoms with Crippen molar-refractivity contribution in [1.82, 2.24) is 4.98 Å². The minimum Gasteiger partial charge on any atom is -0.508 e. The highest BCUT2D eigenvalue weighted by atomic mass is 32.1. The van der Waals surface area contributed by atoms with Crippen molar-refractivity contribution in [3.8, 4) is 5.75 Å². The third kappa shape index (κ3) is 4.10. The number of aromatic nitrogens is 1. The summed E-state index contributed by atoms with van der Waals surface area (Å²) in [4.78, 5) is 17.8. The molecule has 4 aliphatic carbocycles. The molecule has 0 saturated heterocycles. The van der Waals surface area contributed by atoms with E-state index in [4.69, 9.17) is 9.72 Å². The van der Waals surface area contributed by atoms with Gasteiger partial charge in [-0.3, -0.25) is 4.79 Å². The molecule has 7 atom stereocenters. The van der Waals surface area contributed by atoms with Gasteiger partial charge >= 0.3 is 5.97 Å². The van der Waals surface area contributed by atoms with Crippen molar-refractivity contribution in [3.05, 3.63) is 40.9 Å². The molecule has 6 rings (SSSR count). The van der Waals surface area contributed by atoms with Crippen molar-refractivity contribution in [2.75, 3.05) is 11.9 Å². The summed E-state index contributed by atoms with van der Waals surface area (Å²) < 4.78 is 5.44. The van der Waals surface area contributed by atoms with Crippen LogP contribution in [-0.4, -0.2) is 22.7 Å². The predicted octanol–water partition coefficient (Wildman–Crippen LogP) is 7.59. The Balaban J connectivity index is 1.25. The number of phenols is 1. The Kier molecular flexibility index (Phi) is 6.17. The molecule has 0 bridgehead atoms. The Bertz CT molecular complexity index is 1240. The van der Waals surface area contributed by atoms with Gasteiger partial charge in [-0.15, -0.1) is 0 Å². The number of aromatic hydroxyl groups is 1. The van der Waals surface area contributed by atoms with Crippen molar-refractivity contribution in [2.45, 2.75) is 72.6 Å². The minimum atomic E-state index is -0.159. The molecule has 1 aromatic heterocycles. The molecule has 6 heteroatoms. The fraction of sp³-hybridized carbons (Fsp3) is 0.613. The zero-order chi connectivity index (χ0) is 25.9. The fourth-order valence-electron chi connectivity index (χ4n) is 8.98. The lowest BCUT2D eigenvalue weighted by Crippen LogP contribution is -2.50. The second-order valence-corrected chi connectivity index (χ2v) is 13.6. The van der Waals surface area contributed by atoms with E-state index in [2.05, 4.69) is 32.2 Å². The van der Waals surface area contributed by atoms with Gasteiger partial charge in [0, 0.05) is 18.7 Å². The number of rotatable bonds is 5. The van der Waals surface area contributed by atoms with Gasteiger partial charge in [0.1, 0.15) is 5.75 Å². The summed E-state index contributed by atoms with van der Waals surface area (Å²) in [5.41, 5.74) is 4.21. The lowest BCUT2D eigenvalue weighted by Gasteiger charge is -2.57. The van der Waals surface area contributed by atoms with E-state index < -0.39 is 0 Å². The Morgan fingerprint density at radius 2 is 2.08 bits per heavy atom. The topological polar surface area (TPSA) is 71.5 Å². The molecule has 0 amide bonds. The molecule has 198 valence electrons. The average molecular weight is 521 g/mol. The molecular weight excluding hydrogens is 480 g/mol. The van der Waals surface area contributed by atoms with Crippen LogP contribution in [-0.2, 0) is 16.0 Å². The summed E-state index contributed by atoms with van der Waals surface area (Å²) >= 11 is 1.78. The average Bonchev–Trinajstić information content (AvgIpc) is 3.42. The normalized spacial score (nSPS) is 34.9. The molecular formula is C31H40N2O3S. The molecule has 1 heterocycles. The lowest BCUT2D eigenvalue weighted by molar-refractivity contribution is -0.143. The highest BCUT2D eigenvalue weighted by Crippen LogP contribution is 2.68. The van der Waals surface area contributed by atoms with E-state index in [9.17, 15) is 9.90 Å². The Labute approximate surface area is 224 Å². The largest absolute Gasteiger partial charge is 0.508 e. The van der Waals surface area contributed by atoms with Crippen LogP contribution in [0.2, 0.25) is 0 Å². The number of aryl methyl sites for hydroxylation is 1. The Morgan fingerprint density at radius 3 is 2.86 bits per heavy atom. The molecule has 2 saturated carbocycles. The number of hydrogen-bond donors (Lipinski definition) is 2. The van der Waals surface area contributed by atoms with Gasteiger partial charge in [-0.05, 0) is 103 Å². The van der Waals surface area contributed by atoms with E-state index in [-0.39, 0.29) is 17.1 Å². The highest BCUT2D eigenvalue weighted by molar-refractivity contribution is 7.16. The van der Waals surface area contributed by atoms with Crippen molar-refractivity contribution >= 4 is 33.7 Å². The van der Waals surface area contributed by atoms with E-state index in [1.807, 2.05) is 12.1 Å². The van der Waals surface area contributed by atoms with Crippen LogP contribution in [0.15, 0.2) is 30.3 Å². The number of nitrogens with zero attached hydrogens (tertiary/aromatic N) is 1. The van der Waals surface area contributed by atoms with Gasteiger partial charge < -0.3 is 15.2 Å². The Morgan fingerprint density at radius 1 is 1.24 bits per heavy atom. The predicted molar refractivity (Wildman–Crippen MR) is 149 cm³/mol. The number of carbonyl (C=O) groups excluding carboxylic acids is 1. The quantitative estimate of drug-likeness (QED) is 0.397. The van der Waals surface area contributed by atoms with E-state index >= 15 is 0 Å². The zero-order valence-corrected chi connectivity index (χ0v) is 23.4.